The first-order valence-corrected chi connectivity index (χ1v) is 41.5. The molecule has 0 saturated carbocycles. The Hall–Kier alpha value is -3.53. The first-order chi connectivity index (χ1) is 47.2. The zero-order valence-corrected chi connectivity index (χ0v) is 63.0. The van der Waals surface area contributed by atoms with Crippen LogP contribution in [0.2, 0.25) is 0 Å². The Morgan fingerprint density at radius 3 is 0.887 bits per heavy atom. The molecular formula is C79H140O16P2. The van der Waals surface area contributed by atoms with Crippen LogP contribution in [-0.4, -0.2) is 95.9 Å². The van der Waals surface area contributed by atoms with E-state index in [2.05, 4.69) is 118 Å². The third-order valence-electron chi connectivity index (χ3n) is 16.3. The van der Waals surface area contributed by atoms with Gasteiger partial charge in [-0.1, -0.05) is 304 Å². The summed E-state index contributed by atoms with van der Waals surface area (Å²) in [5.41, 5.74) is 0. The van der Waals surface area contributed by atoms with Crippen molar-refractivity contribution in [1.29, 1.82) is 0 Å². The largest absolute Gasteiger partial charge is 0.472 e. The normalized spacial score (nSPS) is 14.6. The van der Waals surface area contributed by atoms with Gasteiger partial charge in [-0.15, -0.1) is 0 Å². The molecule has 0 radical (unpaired) electrons. The molecule has 0 spiro atoms. The van der Waals surface area contributed by atoms with E-state index in [0.717, 1.165) is 116 Å². The average Bonchev–Trinajstić information content (AvgIpc) is 2.60. The molecule has 0 bridgehead atoms. The molecule has 0 aliphatic rings. The summed E-state index contributed by atoms with van der Waals surface area (Å²) in [6.07, 6.45) is 82.0. The lowest BCUT2D eigenvalue weighted by Gasteiger charge is -2.21. The van der Waals surface area contributed by atoms with Crippen LogP contribution in [0, 0.1) is 0 Å². The van der Waals surface area contributed by atoms with Crippen LogP contribution in [0.25, 0.3) is 0 Å². The molecule has 0 aromatic rings. The SMILES string of the molecule is CC/C=C\C/C=C\C/C=C\C/C=C\CCCCCCC(=O)OCC(COP(=O)(O)OCC(O)COP(=O)(O)OCC(O)COC(=O)CCCCCCCCCCCCCCCCCCC/C=C\C/C=C\C/C=C\C/C=C\CCCCC)OC(=O)CCCCCCCCCCCCC. The van der Waals surface area contributed by atoms with Crippen LogP contribution in [0.4, 0.5) is 0 Å². The minimum atomic E-state index is -4.92. The molecule has 0 amide bonds. The van der Waals surface area contributed by atoms with E-state index in [0.29, 0.717) is 19.3 Å². The maximum atomic E-state index is 12.9. The molecule has 562 valence electrons. The number of carbonyl (C=O) groups excluding carboxylic acids is 3. The Balaban J connectivity index is 4.34. The van der Waals surface area contributed by atoms with Gasteiger partial charge in [-0.05, 0) is 103 Å². The Bertz CT molecular complexity index is 2150. The molecule has 4 N–H and O–H groups in total. The molecule has 0 aromatic heterocycles. The number of phosphoric ester groups is 2. The zero-order chi connectivity index (χ0) is 70.9. The van der Waals surface area contributed by atoms with Crippen molar-refractivity contribution in [2.45, 2.75) is 347 Å². The Morgan fingerprint density at radius 2 is 0.546 bits per heavy atom. The number of hydrogen-bond donors (Lipinski definition) is 4. The van der Waals surface area contributed by atoms with Gasteiger partial charge in [0.1, 0.15) is 25.4 Å². The number of rotatable bonds is 73. The summed E-state index contributed by atoms with van der Waals surface area (Å²) in [5, 5.41) is 20.6. The maximum absolute atomic E-state index is 12.9. The number of esters is 3. The third kappa shape index (κ3) is 73.5. The number of ether oxygens (including phenoxy) is 3. The molecule has 0 rings (SSSR count). The van der Waals surface area contributed by atoms with Crippen molar-refractivity contribution in [3.8, 4) is 0 Å². The van der Waals surface area contributed by atoms with E-state index in [1.165, 1.54) is 154 Å². The van der Waals surface area contributed by atoms with E-state index in [1.807, 2.05) is 0 Å². The molecular weight excluding hydrogens is 1270 g/mol. The van der Waals surface area contributed by atoms with Gasteiger partial charge in [-0.3, -0.25) is 32.5 Å². The van der Waals surface area contributed by atoms with Crippen LogP contribution in [-0.2, 0) is 55.8 Å². The van der Waals surface area contributed by atoms with Gasteiger partial charge in [-0.25, -0.2) is 9.13 Å². The second kappa shape index (κ2) is 72.3. The highest BCUT2D eigenvalue weighted by Gasteiger charge is 2.29. The predicted molar refractivity (Wildman–Crippen MR) is 399 cm³/mol. The third-order valence-corrected chi connectivity index (χ3v) is 18.2. The molecule has 0 aliphatic heterocycles. The molecule has 5 atom stereocenters. The summed E-state index contributed by atoms with van der Waals surface area (Å²) in [6.45, 7) is 2.52. The minimum absolute atomic E-state index is 0.102. The highest BCUT2D eigenvalue weighted by atomic mass is 31.2. The number of hydrogen-bond acceptors (Lipinski definition) is 14. The van der Waals surface area contributed by atoms with Gasteiger partial charge >= 0.3 is 33.6 Å². The zero-order valence-electron chi connectivity index (χ0n) is 61.2. The quantitative estimate of drug-likeness (QED) is 0.0146. The van der Waals surface area contributed by atoms with E-state index < -0.39 is 91.5 Å². The summed E-state index contributed by atoms with van der Waals surface area (Å²) in [7, 11) is -9.78. The minimum Gasteiger partial charge on any atom is -0.463 e. The van der Waals surface area contributed by atoms with Gasteiger partial charge in [0.05, 0.1) is 26.4 Å². The molecule has 97 heavy (non-hydrogen) atoms. The van der Waals surface area contributed by atoms with E-state index in [9.17, 15) is 43.5 Å². The van der Waals surface area contributed by atoms with Crippen LogP contribution >= 0.6 is 15.6 Å². The first kappa shape index (κ1) is 93.5. The van der Waals surface area contributed by atoms with Gasteiger partial charge in [0.15, 0.2) is 6.10 Å². The molecule has 0 aromatic carbocycles. The van der Waals surface area contributed by atoms with Gasteiger partial charge in [0, 0.05) is 19.3 Å². The van der Waals surface area contributed by atoms with Crippen molar-refractivity contribution < 1.29 is 75.8 Å². The van der Waals surface area contributed by atoms with Gasteiger partial charge < -0.3 is 34.2 Å². The van der Waals surface area contributed by atoms with Gasteiger partial charge in [-0.2, -0.15) is 0 Å². The second-order valence-corrected chi connectivity index (χ2v) is 28.7. The fourth-order valence-corrected chi connectivity index (χ4v) is 12.0. The smallest absolute Gasteiger partial charge is 0.463 e. The van der Waals surface area contributed by atoms with Crippen LogP contribution in [0.1, 0.15) is 329 Å². The van der Waals surface area contributed by atoms with E-state index in [1.54, 1.807) is 0 Å². The molecule has 0 saturated heterocycles. The van der Waals surface area contributed by atoms with E-state index in [-0.39, 0.29) is 19.3 Å². The Labute approximate surface area is 590 Å². The average molecular weight is 1410 g/mol. The maximum Gasteiger partial charge on any atom is 0.472 e. The van der Waals surface area contributed by atoms with Crippen molar-refractivity contribution in [2.24, 2.45) is 0 Å². The van der Waals surface area contributed by atoms with Crippen molar-refractivity contribution in [2.75, 3.05) is 39.6 Å². The summed E-state index contributed by atoms with van der Waals surface area (Å²) < 4.78 is 60.9. The van der Waals surface area contributed by atoms with Crippen molar-refractivity contribution in [3.63, 3.8) is 0 Å². The lowest BCUT2D eigenvalue weighted by molar-refractivity contribution is -0.161. The lowest BCUT2D eigenvalue weighted by Crippen LogP contribution is -2.30. The molecule has 0 fully saturated rings. The molecule has 0 heterocycles. The number of allylic oxidation sites excluding steroid dienone is 16. The van der Waals surface area contributed by atoms with Crippen molar-refractivity contribution >= 4 is 33.6 Å². The fraction of sp³-hybridized carbons (Fsp3) is 0.759. The second-order valence-electron chi connectivity index (χ2n) is 25.8. The number of aliphatic hydroxyl groups excluding tert-OH is 2. The summed E-state index contributed by atoms with van der Waals surface area (Å²) in [5.74, 6) is -1.59. The molecule has 0 aliphatic carbocycles. The van der Waals surface area contributed by atoms with Gasteiger partial charge in [0.2, 0.25) is 0 Å². The standard InChI is InChI=1S/C79H140O16P2/c1-4-7-10-13-16-19-22-24-26-28-29-30-31-32-33-34-35-36-37-38-39-40-41-42-43-45-47-48-51-53-56-59-62-65-77(82)89-68-74(80)69-91-96(85,86)92-70-75(81)71-93-97(87,88)94-73-76(95-79(84)67-64-61-58-55-50-21-18-15-12-9-6-3)72-90-78(83)66-63-60-57-54-52-49-46-44-27-25-23-20-17-14-11-8-5-2/h8,11,16-17,19-20,24-27,29-30,32-33,46,49,74-76,80-81H,4-7,9-10,12-15,18,21-23,28,31,34-45,47-48,50-73H2,1-3H3,(H,85,86)(H,87,88)/b11-8-,19-16-,20-17-,26-24-,27-25-,30-29-,33-32-,49-46-. The number of aliphatic hydroxyl groups is 2. The number of unbranched alkanes of at least 4 members (excludes halogenated alkanes) is 34. The van der Waals surface area contributed by atoms with Gasteiger partial charge in [0.25, 0.3) is 0 Å². The van der Waals surface area contributed by atoms with Crippen molar-refractivity contribution in [3.05, 3.63) is 97.2 Å². The molecule has 18 heteroatoms. The summed E-state index contributed by atoms with van der Waals surface area (Å²) in [4.78, 5) is 58.4. The fourth-order valence-electron chi connectivity index (χ4n) is 10.4. The van der Waals surface area contributed by atoms with E-state index >= 15 is 0 Å². The van der Waals surface area contributed by atoms with E-state index in [4.69, 9.17) is 32.3 Å². The first-order valence-electron chi connectivity index (χ1n) is 38.5. The monoisotopic (exact) mass is 1410 g/mol. The lowest BCUT2D eigenvalue weighted by atomic mass is 10.0. The Morgan fingerprint density at radius 1 is 0.299 bits per heavy atom. The predicted octanol–water partition coefficient (Wildman–Crippen LogP) is 22.2. The van der Waals surface area contributed by atoms with Crippen LogP contribution in [0.15, 0.2) is 97.2 Å². The van der Waals surface area contributed by atoms with Crippen LogP contribution in [0.3, 0.4) is 0 Å². The summed E-state index contributed by atoms with van der Waals surface area (Å²) >= 11 is 0. The van der Waals surface area contributed by atoms with Crippen molar-refractivity contribution in [1.82, 2.24) is 0 Å². The molecule has 16 nitrogen and oxygen atoms in total. The Kier molecular flexibility index (Phi) is 69.6. The molecule has 5 unspecified atom stereocenters. The summed E-state index contributed by atoms with van der Waals surface area (Å²) in [6, 6.07) is 0. The highest BCUT2D eigenvalue weighted by molar-refractivity contribution is 7.47. The number of phosphoric acid groups is 2. The van der Waals surface area contributed by atoms with Crippen LogP contribution < -0.4 is 0 Å². The topological polar surface area (TPSA) is 231 Å². The highest BCUT2D eigenvalue weighted by Crippen LogP contribution is 2.45. The number of carbonyl (C=O) groups is 3. The van der Waals surface area contributed by atoms with Crippen LogP contribution in [0.5, 0.6) is 0 Å².